The van der Waals surface area contributed by atoms with E-state index >= 15 is 0 Å². The lowest BCUT2D eigenvalue weighted by molar-refractivity contribution is -0.130. The number of carbonyl (C=O) groups is 1. The molecule has 1 aromatic rings. The second kappa shape index (κ2) is 7.70. The number of piperazine rings is 1. The average Bonchev–Trinajstić information content (AvgIpc) is 3.32. The number of carbonyl (C=O) groups excluding carboxylic acids is 1. The molecule has 0 atom stereocenters. The number of para-hydroxylation sites is 2. The zero-order valence-corrected chi connectivity index (χ0v) is 13.5. The van der Waals surface area contributed by atoms with Crippen LogP contribution in [0.5, 0.6) is 5.75 Å². The normalized spacial score (nSPS) is 18.0. The molecule has 5 nitrogen and oxygen atoms in total. The molecule has 0 spiro atoms. The quantitative estimate of drug-likeness (QED) is 0.860. The van der Waals surface area contributed by atoms with Crippen molar-refractivity contribution >= 4 is 24.0 Å². The third kappa shape index (κ3) is 4.27. The van der Waals surface area contributed by atoms with Crippen molar-refractivity contribution < 1.29 is 9.90 Å². The first kappa shape index (κ1) is 16.9. The largest absolute Gasteiger partial charge is 0.506 e. The van der Waals surface area contributed by atoms with Crippen molar-refractivity contribution in [1.29, 1.82) is 0 Å². The van der Waals surface area contributed by atoms with Crippen LogP contribution >= 0.6 is 12.4 Å². The molecule has 2 aliphatic rings. The standard InChI is InChI=1S/C16H23N3O2.ClH/c20-15-4-2-1-3-14(15)18-7-9-19(10-8-18)16(21)12-17-11-13-5-6-13;/h1-4,13,17,20H,5-12H2;1H. The van der Waals surface area contributed by atoms with Gasteiger partial charge in [-0.3, -0.25) is 4.79 Å². The van der Waals surface area contributed by atoms with Gasteiger partial charge in [-0.05, 0) is 37.4 Å². The summed E-state index contributed by atoms with van der Waals surface area (Å²) in [7, 11) is 0. The van der Waals surface area contributed by atoms with E-state index in [1.165, 1.54) is 12.8 Å². The molecular formula is C16H24ClN3O2. The summed E-state index contributed by atoms with van der Waals surface area (Å²) in [5.41, 5.74) is 0.858. The van der Waals surface area contributed by atoms with E-state index in [0.29, 0.717) is 12.3 Å². The zero-order chi connectivity index (χ0) is 14.7. The number of anilines is 1. The van der Waals surface area contributed by atoms with Crippen LogP contribution in [0.3, 0.4) is 0 Å². The fourth-order valence-corrected chi connectivity index (χ4v) is 2.75. The van der Waals surface area contributed by atoms with Crippen molar-refractivity contribution in [2.24, 2.45) is 5.92 Å². The van der Waals surface area contributed by atoms with Gasteiger partial charge in [0.2, 0.25) is 5.91 Å². The molecular weight excluding hydrogens is 302 g/mol. The summed E-state index contributed by atoms with van der Waals surface area (Å²) < 4.78 is 0. The summed E-state index contributed by atoms with van der Waals surface area (Å²) >= 11 is 0. The first-order valence-electron chi connectivity index (χ1n) is 7.75. The maximum atomic E-state index is 12.1. The molecule has 1 saturated carbocycles. The summed E-state index contributed by atoms with van der Waals surface area (Å²) in [4.78, 5) is 16.2. The minimum Gasteiger partial charge on any atom is -0.506 e. The lowest BCUT2D eigenvalue weighted by Gasteiger charge is -2.36. The number of aromatic hydroxyl groups is 1. The number of nitrogens with one attached hydrogen (secondary N) is 1. The second-order valence-electron chi connectivity index (χ2n) is 5.93. The van der Waals surface area contributed by atoms with E-state index in [2.05, 4.69) is 10.2 Å². The molecule has 1 amide bonds. The first-order valence-corrected chi connectivity index (χ1v) is 7.75. The van der Waals surface area contributed by atoms with Crippen LogP contribution in [0.4, 0.5) is 5.69 Å². The molecule has 1 aliphatic heterocycles. The van der Waals surface area contributed by atoms with Crippen molar-refractivity contribution in [3.63, 3.8) is 0 Å². The van der Waals surface area contributed by atoms with Crippen LogP contribution in [0, 0.1) is 5.92 Å². The maximum Gasteiger partial charge on any atom is 0.236 e. The van der Waals surface area contributed by atoms with Crippen LogP contribution in [-0.2, 0) is 4.79 Å². The molecule has 1 saturated heterocycles. The van der Waals surface area contributed by atoms with E-state index in [1.807, 2.05) is 23.1 Å². The summed E-state index contributed by atoms with van der Waals surface area (Å²) in [5.74, 6) is 1.30. The highest BCUT2D eigenvalue weighted by atomic mass is 35.5. The molecule has 0 aromatic heterocycles. The lowest BCUT2D eigenvalue weighted by Crippen LogP contribution is -2.51. The van der Waals surface area contributed by atoms with Gasteiger partial charge < -0.3 is 20.2 Å². The Kier molecular flexibility index (Phi) is 5.91. The molecule has 0 radical (unpaired) electrons. The average molecular weight is 326 g/mol. The number of phenols is 1. The van der Waals surface area contributed by atoms with Gasteiger partial charge >= 0.3 is 0 Å². The molecule has 2 N–H and O–H groups in total. The number of benzene rings is 1. The van der Waals surface area contributed by atoms with Gasteiger partial charge in [-0.15, -0.1) is 12.4 Å². The van der Waals surface area contributed by atoms with E-state index in [0.717, 1.165) is 44.3 Å². The van der Waals surface area contributed by atoms with Gasteiger partial charge in [-0.25, -0.2) is 0 Å². The number of nitrogens with zero attached hydrogens (tertiary/aromatic N) is 2. The van der Waals surface area contributed by atoms with E-state index in [-0.39, 0.29) is 18.3 Å². The first-order chi connectivity index (χ1) is 10.2. The van der Waals surface area contributed by atoms with Gasteiger partial charge in [0.25, 0.3) is 0 Å². The third-order valence-electron chi connectivity index (χ3n) is 4.26. The van der Waals surface area contributed by atoms with Crippen molar-refractivity contribution in [2.75, 3.05) is 44.2 Å². The molecule has 6 heteroatoms. The van der Waals surface area contributed by atoms with Crippen molar-refractivity contribution in [1.82, 2.24) is 10.2 Å². The number of hydrogen-bond acceptors (Lipinski definition) is 4. The number of halogens is 1. The van der Waals surface area contributed by atoms with Crippen molar-refractivity contribution in [3.05, 3.63) is 24.3 Å². The van der Waals surface area contributed by atoms with Crippen LogP contribution < -0.4 is 10.2 Å². The highest BCUT2D eigenvalue weighted by molar-refractivity contribution is 5.85. The fourth-order valence-electron chi connectivity index (χ4n) is 2.75. The summed E-state index contributed by atoms with van der Waals surface area (Å²) in [5, 5.41) is 13.1. The molecule has 0 bridgehead atoms. The van der Waals surface area contributed by atoms with E-state index in [4.69, 9.17) is 0 Å². The van der Waals surface area contributed by atoms with Crippen LogP contribution in [0.1, 0.15) is 12.8 Å². The highest BCUT2D eigenvalue weighted by Crippen LogP contribution is 2.28. The molecule has 1 heterocycles. The molecule has 1 aromatic carbocycles. The number of rotatable bonds is 5. The van der Waals surface area contributed by atoms with Crippen LogP contribution in [-0.4, -0.2) is 55.2 Å². The third-order valence-corrected chi connectivity index (χ3v) is 4.26. The lowest BCUT2D eigenvalue weighted by atomic mass is 10.2. The Labute approximate surface area is 137 Å². The topological polar surface area (TPSA) is 55.8 Å². The SMILES string of the molecule is Cl.O=C(CNCC1CC1)N1CCN(c2ccccc2O)CC1. The Hall–Kier alpha value is -1.46. The number of amides is 1. The van der Waals surface area contributed by atoms with Gasteiger partial charge in [-0.2, -0.15) is 0 Å². The minimum atomic E-state index is 0. The summed E-state index contributed by atoms with van der Waals surface area (Å²) in [6.45, 7) is 4.41. The minimum absolute atomic E-state index is 0. The fraction of sp³-hybridized carbons (Fsp3) is 0.562. The Bertz CT molecular complexity index is 500. The monoisotopic (exact) mass is 325 g/mol. The Morgan fingerprint density at radius 3 is 2.50 bits per heavy atom. The van der Waals surface area contributed by atoms with Gasteiger partial charge in [0.1, 0.15) is 5.75 Å². The highest BCUT2D eigenvalue weighted by Gasteiger charge is 2.24. The van der Waals surface area contributed by atoms with Crippen molar-refractivity contribution in [2.45, 2.75) is 12.8 Å². The molecule has 2 fully saturated rings. The van der Waals surface area contributed by atoms with Crippen molar-refractivity contribution in [3.8, 4) is 5.75 Å². The van der Waals surface area contributed by atoms with Crippen LogP contribution in [0.25, 0.3) is 0 Å². The van der Waals surface area contributed by atoms with Crippen LogP contribution in [0.2, 0.25) is 0 Å². The second-order valence-corrected chi connectivity index (χ2v) is 5.93. The Balaban J connectivity index is 0.00000176. The maximum absolute atomic E-state index is 12.1. The van der Waals surface area contributed by atoms with Crippen LogP contribution in [0.15, 0.2) is 24.3 Å². The molecule has 3 rings (SSSR count). The molecule has 22 heavy (non-hydrogen) atoms. The van der Waals surface area contributed by atoms with E-state index in [9.17, 15) is 9.90 Å². The Morgan fingerprint density at radius 2 is 1.86 bits per heavy atom. The van der Waals surface area contributed by atoms with E-state index in [1.54, 1.807) is 6.07 Å². The van der Waals surface area contributed by atoms with Gasteiger partial charge in [0.05, 0.1) is 12.2 Å². The molecule has 1 aliphatic carbocycles. The smallest absolute Gasteiger partial charge is 0.236 e. The predicted octanol–water partition coefficient (Wildman–Crippen LogP) is 1.46. The number of hydrogen-bond donors (Lipinski definition) is 2. The zero-order valence-electron chi connectivity index (χ0n) is 12.7. The predicted molar refractivity (Wildman–Crippen MR) is 89.7 cm³/mol. The summed E-state index contributed by atoms with van der Waals surface area (Å²) in [6.07, 6.45) is 2.61. The van der Waals surface area contributed by atoms with Gasteiger partial charge in [0.15, 0.2) is 0 Å². The summed E-state index contributed by atoms with van der Waals surface area (Å²) in [6, 6.07) is 7.37. The Morgan fingerprint density at radius 1 is 1.18 bits per heavy atom. The van der Waals surface area contributed by atoms with Gasteiger partial charge in [-0.1, -0.05) is 12.1 Å². The molecule has 0 unspecified atom stereocenters. The molecule has 122 valence electrons. The van der Waals surface area contributed by atoms with Gasteiger partial charge in [0, 0.05) is 26.2 Å². The van der Waals surface area contributed by atoms with E-state index < -0.39 is 0 Å². The number of phenolic OH excluding ortho intramolecular Hbond substituents is 1.